The highest BCUT2D eigenvalue weighted by molar-refractivity contribution is 5.95. The molecule has 1 aromatic carbocycles. The number of carboxylic acids is 1. The van der Waals surface area contributed by atoms with E-state index in [1.807, 2.05) is 17.0 Å². The van der Waals surface area contributed by atoms with E-state index in [4.69, 9.17) is 5.11 Å². The fraction of sp³-hybridized carbons (Fsp3) is 0.500. The molecule has 0 aromatic heterocycles. The minimum Gasteiger partial charge on any atom is -0.481 e. The second-order valence-electron chi connectivity index (χ2n) is 6.77. The summed E-state index contributed by atoms with van der Waals surface area (Å²) in [6.45, 7) is 1.36. The average molecular weight is 330 g/mol. The number of likely N-dealkylation sites (tertiary alicyclic amines) is 1. The summed E-state index contributed by atoms with van der Waals surface area (Å²) in [4.78, 5) is 36.8. The van der Waals surface area contributed by atoms with Gasteiger partial charge in [-0.2, -0.15) is 0 Å². The van der Waals surface area contributed by atoms with Crippen molar-refractivity contribution in [2.45, 2.75) is 50.6 Å². The van der Waals surface area contributed by atoms with Crippen LogP contribution in [0.2, 0.25) is 0 Å². The number of benzene rings is 1. The van der Waals surface area contributed by atoms with Crippen molar-refractivity contribution in [2.24, 2.45) is 0 Å². The van der Waals surface area contributed by atoms with E-state index in [2.05, 4.69) is 5.32 Å². The van der Waals surface area contributed by atoms with Crippen LogP contribution in [0.15, 0.2) is 24.3 Å². The second kappa shape index (κ2) is 6.63. The SMILES string of the molecule is O=C(O)CC1(NC(=O)c2ccc(CN3CCCC3=O)cc2)CCC1. The maximum Gasteiger partial charge on any atom is 0.305 e. The Morgan fingerprint density at radius 3 is 2.38 bits per heavy atom. The summed E-state index contributed by atoms with van der Waals surface area (Å²) in [5.41, 5.74) is 0.915. The molecule has 2 fully saturated rings. The number of carboxylic acid groups (broad SMARTS) is 1. The summed E-state index contributed by atoms with van der Waals surface area (Å²) in [7, 11) is 0. The van der Waals surface area contributed by atoms with Crippen LogP contribution < -0.4 is 5.32 Å². The number of aliphatic carboxylic acids is 1. The molecule has 0 spiro atoms. The number of nitrogens with one attached hydrogen (secondary N) is 1. The van der Waals surface area contributed by atoms with Crippen molar-refractivity contribution in [2.75, 3.05) is 6.54 Å². The first kappa shape index (κ1) is 16.5. The van der Waals surface area contributed by atoms with Crippen molar-refractivity contribution >= 4 is 17.8 Å². The molecule has 1 saturated carbocycles. The molecule has 128 valence electrons. The first-order chi connectivity index (χ1) is 11.5. The molecule has 0 unspecified atom stereocenters. The molecule has 0 radical (unpaired) electrons. The van der Waals surface area contributed by atoms with Gasteiger partial charge in [-0.05, 0) is 43.4 Å². The molecule has 1 aliphatic carbocycles. The summed E-state index contributed by atoms with van der Waals surface area (Å²) < 4.78 is 0. The van der Waals surface area contributed by atoms with Crippen LogP contribution in [0.1, 0.15) is 54.4 Å². The van der Waals surface area contributed by atoms with Gasteiger partial charge in [0, 0.05) is 25.1 Å². The molecule has 0 bridgehead atoms. The standard InChI is InChI=1S/C18H22N2O4/c21-15-3-1-10-20(15)12-13-4-6-14(7-5-13)17(24)19-18(8-2-9-18)11-16(22)23/h4-7H,1-3,8-12H2,(H,19,24)(H,22,23). The molecule has 1 aliphatic heterocycles. The van der Waals surface area contributed by atoms with E-state index in [1.54, 1.807) is 12.1 Å². The van der Waals surface area contributed by atoms with Crippen LogP contribution in [0.3, 0.4) is 0 Å². The third kappa shape index (κ3) is 3.58. The highest BCUT2D eigenvalue weighted by atomic mass is 16.4. The maximum absolute atomic E-state index is 12.4. The van der Waals surface area contributed by atoms with Gasteiger partial charge in [-0.15, -0.1) is 0 Å². The third-order valence-corrected chi connectivity index (χ3v) is 4.94. The van der Waals surface area contributed by atoms with E-state index >= 15 is 0 Å². The lowest BCUT2D eigenvalue weighted by Crippen LogP contribution is -2.54. The smallest absolute Gasteiger partial charge is 0.305 e. The molecular weight excluding hydrogens is 308 g/mol. The van der Waals surface area contributed by atoms with Crippen LogP contribution in [0.4, 0.5) is 0 Å². The van der Waals surface area contributed by atoms with Crippen LogP contribution in [0.25, 0.3) is 0 Å². The van der Waals surface area contributed by atoms with Gasteiger partial charge in [0.25, 0.3) is 5.91 Å². The van der Waals surface area contributed by atoms with Crippen LogP contribution in [-0.2, 0) is 16.1 Å². The van der Waals surface area contributed by atoms with Gasteiger partial charge in [0.05, 0.1) is 12.0 Å². The highest BCUT2D eigenvalue weighted by Crippen LogP contribution is 2.35. The summed E-state index contributed by atoms with van der Waals surface area (Å²) >= 11 is 0. The maximum atomic E-state index is 12.4. The van der Waals surface area contributed by atoms with Crippen LogP contribution in [0, 0.1) is 0 Å². The van der Waals surface area contributed by atoms with Crippen molar-refractivity contribution in [3.05, 3.63) is 35.4 Å². The zero-order chi connectivity index (χ0) is 17.2. The summed E-state index contributed by atoms with van der Waals surface area (Å²) in [5.74, 6) is -0.946. The lowest BCUT2D eigenvalue weighted by atomic mass is 9.74. The lowest BCUT2D eigenvalue weighted by Gasteiger charge is -2.41. The topological polar surface area (TPSA) is 86.7 Å². The molecule has 0 atom stereocenters. The number of carbonyl (C=O) groups is 3. The summed E-state index contributed by atoms with van der Waals surface area (Å²) in [5, 5.41) is 11.9. The normalized spacial score (nSPS) is 19.0. The molecule has 2 N–H and O–H groups in total. The molecule has 24 heavy (non-hydrogen) atoms. The Kier molecular flexibility index (Phi) is 4.55. The molecule has 1 heterocycles. The molecule has 6 nitrogen and oxygen atoms in total. The predicted octanol–water partition coefficient (Wildman–Crippen LogP) is 1.94. The minimum atomic E-state index is -0.888. The number of rotatable bonds is 6. The summed E-state index contributed by atoms with van der Waals surface area (Å²) in [6.07, 6.45) is 3.85. The van der Waals surface area contributed by atoms with Gasteiger partial charge >= 0.3 is 5.97 Å². The van der Waals surface area contributed by atoms with Gasteiger partial charge in [0.2, 0.25) is 5.91 Å². The second-order valence-corrected chi connectivity index (χ2v) is 6.77. The Balaban J connectivity index is 1.61. The fourth-order valence-corrected chi connectivity index (χ4v) is 3.41. The Bertz CT molecular complexity index is 649. The van der Waals surface area contributed by atoms with E-state index in [1.165, 1.54) is 0 Å². The van der Waals surface area contributed by atoms with Crippen LogP contribution >= 0.6 is 0 Å². The largest absolute Gasteiger partial charge is 0.481 e. The third-order valence-electron chi connectivity index (χ3n) is 4.94. The lowest BCUT2D eigenvalue weighted by molar-refractivity contribution is -0.139. The van der Waals surface area contributed by atoms with Gasteiger partial charge in [0.1, 0.15) is 0 Å². The zero-order valence-electron chi connectivity index (χ0n) is 13.6. The van der Waals surface area contributed by atoms with E-state index in [0.29, 0.717) is 31.4 Å². The molecule has 1 saturated heterocycles. The van der Waals surface area contributed by atoms with E-state index in [-0.39, 0.29) is 18.2 Å². The van der Waals surface area contributed by atoms with E-state index in [0.717, 1.165) is 24.9 Å². The average Bonchev–Trinajstić information content (AvgIpc) is 2.90. The Morgan fingerprint density at radius 1 is 1.17 bits per heavy atom. The number of hydrogen-bond donors (Lipinski definition) is 2. The van der Waals surface area contributed by atoms with Gasteiger partial charge in [-0.1, -0.05) is 12.1 Å². The van der Waals surface area contributed by atoms with E-state index < -0.39 is 11.5 Å². The molecule has 6 heteroatoms. The van der Waals surface area contributed by atoms with Crippen LogP contribution in [-0.4, -0.2) is 39.9 Å². The van der Waals surface area contributed by atoms with Gasteiger partial charge in [0.15, 0.2) is 0 Å². The minimum absolute atomic E-state index is 0.0338. The molecule has 1 aromatic rings. The van der Waals surface area contributed by atoms with Gasteiger partial charge < -0.3 is 15.3 Å². The fourth-order valence-electron chi connectivity index (χ4n) is 3.41. The van der Waals surface area contributed by atoms with Crippen molar-refractivity contribution in [3.8, 4) is 0 Å². The van der Waals surface area contributed by atoms with Crippen LogP contribution in [0.5, 0.6) is 0 Å². The highest BCUT2D eigenvalue weighted by Gasteiger charge is 2.40. The van der Waals surface area contributed by atoms with Gasteiger partial charge in [-0.3, -0.25) is 14.4 Å². The predicted molar refractivity (Wildman–Crippen MR) is 87.4 cm³/mol. The molecule has 3 rings (SSSR count). The quantitative estimate of drug-likeness (QED) is 0.834. The summed E-state index contributed by atoms with van der Waals surface area (Å²) in [6, 6.07) is 7.17. The molecular formula is C18H22N2O4. The number of amides is 2. The van der Waals surface area contributed by atoms with Crippen molar-refractivity contribution in [1.29, 1.82) is 0 Å². The Labute approximate surface area is 140 Å². The van der Waals surface area contributed by atoms with Crippen molar-refractivity contribution < 1.29 is 19.5 Å². The molecule has 2 amide bonds. The number of nitrogens with zero attached hydrogens (tertiary/aromatic N) is 1. The van der Waals surface area contributed by atoms with E-state index in [9.17, 15) is 14.4 Å². The Morgan fingerprint density at radius 2 is 1.88 bits per heavy atom. The van der Waals surface area contributed by atoms with Gasteiger partial charge in [-0.25, -0.2) is 0 Å². The first-order valence-corrected chi connectivity index (χ1v) is 8.38. The number of hydrogen-bond acceptors (Lipinski definition) is 3. The first-order valence-electron chi connectivity index (χ1n) is 8.38. The zero-order valence-corrected chi connectivity index (χ0v) is 13.6. The number of carbonyl (C=O) groups excluding carboxylic acids is 2. The monoisotopic (exact) mass is 330 g/mol. The Hall–Kier alpha value is -2.37. The van der Waals surface area contributed by atoms with Crippen molar-refractivity contribution in [1.82, 2.24) is 10.2 Å². The van der Waals surface area contributed by atoms with Crippen molar-refractivity contribution in [3.63, 3.8) is 0 Å². The molecule has 2 aliphatic rings.